The summed E-state index contributed by atoms with van der Waals surface area (Å²) in [6, 6.07) is 3.42. The van der Waals surface area contributed by atoms with Crippen molar-refractivity contribution in [2.75, 3.05) is 13.1 Å². The molecule has 120 valence electrons. The highest BCUT2D eigenvalue weighted by molar-refractivity contribution is 9.10. The predicted octanol–water partition coefficient (Wildman–Crippen LogP) is 3.60. The summed E-state index contributed by atoms with van der Waals surface area (Å²) in [7, 11) is 0. The van der Waals surface area contributed by atoms with Gasteiger partial charge in [-0.3, -0.25) is 4.90 Å². The van der Waals surface area contributed by atoms with Crippen LogP contribution in [0.25, 0.3) is 0 Å². The Kier molecular flexibility index (Phi) is 4.73. The van der Waals surface area contributed by atoms with Gasteiger partial charge in [-0.2, -0.15) is 5.26 Å². The van der Waals surface area contributed by atoms with Crippen LogP contribution in [-0.4, -0.2) is 40.5 Å². The van der Waals surface area contributed by atoms with Crippen molar-refractivity contribution in [1.82, 2.24) is 9.88 Å². The summed E-state index contributed by atoms with van der Waals surface area (Å²) in [4.78, 5) is 5.68. The van der Waals surface area contributed by atoms with E-state index in [-0.39, 0.29) is 29.9 Å². The molecule has 4 nitrogen and oxygen atoms in total. The summed E-state index contributed by atoms with van der Waals surface area (Å²) in [5, 5.41) is 9.06. The highest BCUT2D eigenvalue weighted by Gasteiger charge is 2.48. The molecule has 7 heteroatoms. The summed E-state index contributed by atoms with van der Waals surface area (Å²) < 4.78 is 34.7. The van der Waals surface area contributed by atoms with Gasteiger partial charge in [0, 0.05) is 29.2 Å². The molecule has 0 aliphatic carbocycles. The number of ether oxygens (including phenoxy) is 1. The van der Waals surface area contributed by atoms with Gasteiger partial charge in [0.2, 0.25) is 5.88 Å². The topological polar surface area (TPSA) is 49.1 Å². The summed E-state index contributed by atoms with van der Waals surface area (Å²) in [6.45, 7) is 5.89. The van der Waals surface area contributed by atoms with Crippen LogP contribution in [0.15, 0.2) is 16.7 Å². The number of nitrogens with zero attached hydrogens (tertiary/aromatic N) is 3. The second-order valence-electron chi connectivity index (χ2n) is 6.37. The fourth-order valence-electron chi connectivity index (χ4n) is 2.37. The predicted molar refractivity (Wildman–Crippen MR) is 82.0 cm³/mol. The van der Waals surface area contributed by atoms with Gasteiger partial charge in [-0.1, -0.05) is 0 Å². The standard InChI is InChI=1S/C15H18BrF2N3O/c1-14(2,3)21-5-4-12(15(17,18)9-21)22-13-10(7-19)6-11(16)8-20-13/h6,8,12H,4-5,9H2,1-3H3. The van der Waals surface area contributed by atoms with Crippen LogP contribution < -0.4 is 4.74 Å². The maximum absolute atomic E-state index is 14.4. The van der Waals surface area contributed by atoms with Gasteiger partial charge >= 0.3 is 0 Å². The number of alkyl halides is 2. The molecule has 0 amide bonds. The number of aromatic nitrogens is 1. The number of piperidine rings is 1. The molecule has 2 rings (SSSR count). The van der Waals surface area contributed by atoms with Crippen molar-refractivity contribution in [3.63, 3.8) is 0 Å². The minimum Gasteiger partial charge on any atom is -0.467 e. The Balaban J connectivity index is 2.17. The van der Waals surface area contributed by atoms with Crippen molar-refractivity contribution in [2.45, 2.75) is 44.8 Å². The lowest BCUT2D eigenvalue weighted by Crippen LogP contribution is -2.58. The zero-order valence-corrected chi connectivity index (χ0v) is 14.3. The Morgan fingerprint density at radius 2 is 2.18 bits per heavy atom. The quantitative estimate of drug-likeness (QED) is 0.794. The number of likely N-dealkylation sites (tertiary alicyclic amines) is 1. The van der Waals surface area contributed by atoms with Crippen molar-refractivity contribution in [2.24, 2.45) is 0 Å². The van der Waals surface area contributed by atoms with Crippen LogP contribution >= 0.6 is 15.9 Å². The summed E-state index contributed by atoms with van der Waals surface area (Å²) >= 11 is 3.19. The van der Waals surface area contributed by atoms with Crippen LogP contribution in [0.1, 0.15) is 32.8 Å². The molecule has 1 aliphatic heterocycles. The van der Waals surface area contributed by atoms with Gasteiger partial charge in [0.1, 0.15) is 11.6 Å². The first-order valence-electron chi connectivity index (χ1n) is 6.98. The van der Waals surface area contributed by atoms with Crippen molar-refractivity contribution in [1.29, 1.82) is 5.26 Å². The van der Waals surface area contributed by atoms with E-state index in [0.29, 0.717) is 11.0 Å². The van der Waals surface area contributed by atoms with E-state index in [4.69, 9.17) is 10.00 Å². The van der Waals surface area contributed by atoms with Crippen molar-refractivity contribution in [3.05, 3.63) is 22.3 Å². The average molecular weight is 374 g/mol. The molecule has 1 aromatic rings. The first-order valence-corrected chi connectivity index (χ1v) is 7.78. The van der Waals surface area contributed by atoms with Crippen LogP contribution in [0.3, 0.4) is 0 Å². The van der Waals surface area contributed by atoms with Crippen LogP contribution in [0.4, 0.5) is 8.78 Å². The van der Waals surface area contributed by atoms with Gasteiger partial charge in [-0.15, -0.1) is 0 Å². The van der Waals surface area contributed by atoms with Gasteiger partial charge in [0.25, 0.3) is 5.92 Å². The average Bonchev–Trinajstić information content (AvgIpc) is 2.41. The number of pyridine rings is 1. The Morgan fingerprint density at radius 1 is 1.50 bits per heavy atom. The minimum absolute atomic E-state index is 0.0421. The zero-order chi connectivity index (χ0) is 16.5. The lowest BCUT2D eigenvalue weighted by Gasteiger charge is -2.44. The molecule has 0 aromatic carbocycles. The molecule has 1 fully saturated rings. The maximum atomic E-state index is 14.4. The molecule has 0 bridgehead atoms. The van der Waals surface area contributed by atoms with E-state index in [1.54, 1.807) is 4.90 Å². The summed E-state index contributed by atoms with van der Waals surface area (Å²) in [6.07, 6.45) is 0.345. The molecule has 1 atom stereocenters. The van der Waals surface area contributed by atoms with Crippen LogP contribution in [0.2, 0.25) is 0 Å². The van der Waals surface area contributed by atoms with E-state index in [0.717, 1.165) is 0 Å². The first-order chi connectivity index (χ1) is 10.1. The SMILES string of the molecule is CC(C)(C)N1CCC(Oc2ncc(Br)cc2C#N)C(F)(F)C1. The molecule has 0 spiro atoms. The normalized spacial score (nSPS) is 22.1. The number of rotatable bonds is 2. The van der Waals surface area contributed by atoms with E-state index in [1.165, 1.54) is 12.3 Å². The minimum atomic E-state index is -2.99. The number of nitriles is 1. The Labute approximate surface area is 137 Å². The van der Waals surface area contributed by atoms with Crippen molar-refractivity contribution in [3.8, 4) is 11.9 Å². The van der Waals surface area contributed by atoms with E-state index >= 15 is 0 Å². The summed E-state index contributed by atoms with van der Waals surface area (Å²) in [5.41, 5.74) is -0.175. The Bertz CT molecular complexity index is 595. The molecule has 0 N–H and O–H groups in total. The van der Waals surface area contributed by atoms with Gasteiger partial charge in [0.05, 0.1) is 6.54 Å². The molecule has 0 radical (unpaired) electrons. The highest BCUT2D eigenvalue weighted by atomic mass is 79.9. The lowest BCUT2D eigenvalue weighted by atomic mass is 9.97. The van der Waals surface area contributed by atoms with Crippen molar-refractivity contribution >= 4 is 15.9 Å². The van der Waals surface area contributed by atoms with Crippen LogP contribution in [0.5, 0.6) is 5.88 Å². The fraction of sp³-hybridized carbons (Fsp3) is 0.600. The van der Waals surface area contributed by atoms with Crippen molar-refractivity contribution < 1.29 is 13.5 Å². The third-order valence-corrected chi connectivity index (χ3v) is 4.11. The van der Waals surface area contributed by atoms with Crippen LogP contribution in [0, 0.1) is 11.3 Å². The third-order valence-electron chi connectivity index (χ3n) is 3.67. The molecule has 2 heterocycles. The monoisotopic (exact) mass is 373 g/mol. The number of halogens is 3. The third kappa shape index (κ3) is 3.73. The molecule has 1 unspecified atom stereocenters. The molecule has 0 saturated carbocycles. The maximum Gasteiger partial charge on any atom is 0.296 e. The van der Waals surface area contributed by atoms with Gasteiger partial charge in [0.15, 0.2) is 6.10 Å². The summed E-state index contributed by atoms with van der Waals surface area (Å²) in [5.74, 6) is -3.04. The zero-order valence-electron chi connectivity index (χ0n) is 12.7. The largest absolute Gasteiger partial charge is 0.467 e. The number of hydrogen-bond donors (Lipinski definition) is 0. The van der Waals surface area contributed by atoms with Gasteiger partial charge < -0.3 is 4.74 Å². The smallest absolute Gasteiger partial charge is 0.296 e. The van der Waals surface area contributed by atoms with Gasteiger partial charge in [-0.05, 0) is 42.8 Å². The van der Waals surface area contributed by atoms with E-state index < -0.39 is 12.0 Å². The highest BCUT2D eigenvalue weighted by Crippen LogP contribution is 2.34. The molecule has 1 aromatic heterocycles. The van der Waals surface area contributed by atoms with E-state index in [9.17, 15) is 8.78 Å². The molecule has 1 aliphatic rings. The Morgan fingerprint density at radius 3 is 2.73 bits per heavy atom. The Hall–Kier alpha value is -1.26. The fourth-order valence-corrected chi connectivity index (χ4v) is 2.70. The molecular weight excluding hydrogens is 356 g/mol. The number of hydrogen-bond acceptors (Lipinski definition) is 4. The lowest BCUT2D eigenvalue weighted by molar-refractivity contribution is -0.154. The first kappa shape index (κ1) is 17.1. The van der Waals surface area contributed by atoms with E-state index in [1.807, 2.05) is 26.8 Å². The second kappa shape index (κ2) is 6.09. The molecule has 1 saturated heterocycles. The second-order valence-corrected chi connectivity index (χ2v) is 7.28. The van der Waals surface area contributed by atoms with E-state index in [2.05, 4.69) is 20.9 Å². The van der Waals surface area contributed by atoms with Crippen LogP contribution in [-0.2, 0) is 0 Å². The van der Waals surface area contributed by atoms with Gasteiger partial charge in [-0.25, -0.2) is 13.8 Å². The molecular formula is C15H18BrF2N3O. The molecule has 22 heavy (non-hydrogen) atoms.